The van der Waals surface area contributed by atoms with Crippen LogP contribution in [0.5, 0.6) is 0 Å². The van der Waals surface area contributed by atoms with E-state index in [1.165, 1.54) is 11.1 Å². The summed E-state index contributed by atoms with van der Waals surface area (Å²) in [5.74, 6) is 0.0103. The SMILES string of the molecule is Cc1ccccc1C[C@H]1COCC[C@@H]1S(=O)(=O)NC(C)C. The quantitative estimate of drug-likeness (QED) is 0.907. The Kier molecular flexibility index (Phi) is 5.41. The minimum absolute atomic E-state index is 0.0103. The first-order valence-electron chi connectivity index (χ1n) is 7.53. The highest BCUT2D eigenvalue weighted by Crippen LogP contribution is 2.26. The molecule has 2 rings (SSSR count). The van der Waals surface area contributed by atoms with Gasteiger partial charge in [0.25, 0.3) is 0 Å². The van der Waals surface area contributed by atoms with E-state index in [9.17, 15) is 8.42 Å². The fourth-order valence-electron chi connectivity index (χ4n) is 2.91. The molecule has 1 heterocycles. The summed E-state index contributed by atoms with van der Waals surface area (Å²) in [6, 6.07) is 8.07. The van der Waals surface area contributed by atoms with Gasteiger partial charge < -0.3 is 4.74 Å². The van der Waals surface area contributed by atoms with Gasteiger partial charge in [0.2, 0.25) is 10.0 Å². The third kappa shape index (κ3) is 4.28. The minimum Gasteiger partial charge on any atom is -0.381 e. The zero-order chi connectivity index (χ0) is 15.5. The van der Waals surface area contributed by atoms with Crippen molar-refractivity contribution in [3.63, 3.8) is 0 Å². The number of aryl methyl sites for hydroxylation is 1. The van der Waals surface area contributed by atoms with Crippen LogP contribution in [0.3, 0.4) is 0 Å². The molecule has 1 fully saturated rings. The van der Waals surface area contributed by atoms with Gasteiger partial charge in [-0.05, 0) is 44.7 Å². The second-order valence-corrected chi connectivity index (χ2v) is 8.04. The second-order valence-electron chi connectivity index (χ2n) is 6.11. The summed E-state index contributed by atoms with van der Waals surface area (Å²) in [5.41, 5.74) is 2.41. The van der Waals surface area contributed by atoms with E-state index in [1.54, 1.807) is 0 Å². The summed E-state index contributed by atoms with van der Waals surface area (Å²) in [6.07, 6.45) is 1.31. The van der Waals surface area contributed by atoms with Gasteiger partial charge in [0.05, 0.1) is 11.9 Å². The van der Waals surface area contributed by atoms with E-state index in [-0.39, 0.29) is 17.2 Å². The first-order chi connectivity index (χ1) is 9.90. The highest BCUT2D eigenvalue weighted by atomic mass is 32.2. The van der Waals surface area contributed by atoms with E-state index in [1.807, 2.05) is 26.0 Å². The molecule has 0 aromatic heterocycles. The predicted octanol–water partition coefficient (Wildman–Crippen LogP) is 2.27. The molecule has 0 bridgehead atoms. The van der Waals surface area contributed by atoms with Crippen LogP contribution in [0, 0.1) is 12.8 Å². The van der Waals surface area contributed by atoms with Crippen molar-refractivity contribution in [2.75, 3.05) is 13.2 Å². The van der Waals surface area contributed by atoms with Crippen LogP contribution in [0.25, 0.3) is 0 Å². The van der Waals surface area contributed by atoms with Gasteiger partial charge in [-0.2, -0.15) is 0 Å². The Morgan fingerprint density at radius 2 is 2.05 bits per heavy atom. The molecule has 21 heavy (non-hydrogen) atoms. The Morgan fingerprint density at radius 1 is 1.33 bits per heavy atom. The van der Waals surface area contributed by atoms with Crippen LogP contribution in [-0.2, 0) is 21.2 Å². The number of ether oxygens (including phenoxy) is 1. The highest BCUT2D eigenvalue weighted by Gasteiger charge is 2.36. The van der Waals surface area contributed by atoms with E-state index < -0.39 is 10.0 Å². The van der Waals surface area contributed by atoms with E-state index >= 15 is 0 Å². The van der Waals surface area contributed by atoms with E-state index in [0.29, 0.717) is 19.6 Å². The molecule has 4 nitrogen and oxygen atoms in total. The molecular weight excluding hydrogens is 286 g/mol. The normalized spacial score (nSPS) is 23.4. The lowest BCUT2D eigenvalue weighted by Gasteiger charge is -2.32. The summed E-state index contributed by atoms with van der Waals surface area (Å²) < 4.78 is 33.3. The molecule has 0 saturated carbocycles. The topological polar surface area (TPSA) is 55.4 Å². The zero-order valence-corrected chi connectivity index (χ0v) is 13.8. The molecule has 0 unspecified atom stereocenters. The number of sulfonamides is 1. The molecule has 1 N–H and O–H groups in total. The second kappa shape index (κ2) is 6.90. The fraction of sp³-hybridized carbons (Fsp3) is 0.625. The van der Waals surface area contributed by atoms with Crippen molar-refractivity contribution in [2.24, 2.45) is 5.92 Å². The number of benzene rings is 1. The van der Waals surface area contributed by atoms with Gasteiger partial charge in [0, 0.05) is 18.6 Å². The third-order valence-electron chi connectivity index (χ3n) is 3.95. The molecule has 1 aliphatic heterocycles. The summed E-state index contributed by atoms with van der Waals surface area (Å²) >= 11 is 0. The monoisotopic (exact) mass is 311 g/mol. The van der Waals surface area contributed by atoms with Crippen molar-refractivity contribution >= 4 is 10.0 Å². The summed E-state index contributed by atoms with van der Waals surface area (Å²) in [6.45, 7) is 6.81. The number of rotatable bonds is 5. The predicted molar refractivity (Wildman–Crippen MR) is 84.8 cm³/mol. The van der Waals surface area contributed by atoms with Gasteiger partial charge >= 0.3 is 0 Å². The van der Waals surface area contributed by atoms with Crippen molar-refractivity contribution in [3.8, 4) is 0 Å². The molecule has 1 saturated heterocycles. The maximum Gasteiger partial charge on any atom is 0.215 e. The van der Waals surface area contributed by atoms with Gasteiger partial charge in [0.1, 0.15) is 0 Å². The van der Waals surface area contributed by atoms with Crippen molar-refractivity contribution in [3.05, 3.63) is 35.4 Å². The lowest BCUT2D eigenvalue weighted by Crippen LogP contribution is -2.46. The summed E-state index contributed by atoms with van der Waals surface area (Å²) in [5, 5.41) is -0.367. The van der Waals surface area contributed by atoms with Gasteiger partial charge in [-0.15, -0.1) is 0 Å². The van der Waals surface area contributed by atoms with Crippen LogP contribution >= 0.6 is 0 Å². The standard InChI is InChI=1S/C16H25NO3S/c1-12(2)17-21(18,19)16-8-9-20-11-15(16)10-14-7-5-4-6-13(14)3/h4-7,12,15-17H,8-11H2,1-3H3/t15-,16-/m0/s1. The van der Waals surface area contributed by atoms with Gasteiger partial charge in [-0.3, -0.25) is 0 Å². The molecule has 0 amide bonds. The molecule has 1 aromatic rings. The smallest absolute Gasteiger partial charge is 0.215 e. The number of nitrogens with one attached hydrogen (secondary N) is 1. The van der Waals surface area contributed by atoms with Crippen molar-refractivity contribution in [1.82, 2.24) is 4.72 Å². The van der Waals surface area contributed by atoms with Gasteiger partial charge in [0.15, 0.2) is 0 Å². The summed E-state index contributed by atoms with van der Waals surface area (Å²) in [4.78, 5) is 0. The Labute approximate surface area is 127 Å². The highest BCUT2D eigenvalue weighted by molar-refractivity contribution is 7.90. The number of hydrogen-bond donors (Lipinski definition) is 1. The van der Waals surface area contributed by atoms with E-state index in [0.717, 1.165) is 6.42 Å². The van der Waals surface area contributed by atoms with Crippen LogP contribution < -0.4 is 4.72 Å². The lowest BCUT2D eigenvalue weighted by atomic mass is 9.91. The van der Waals surface area contributed by atoms with Gasteiger partial charge in [-0.25, -0.2) is 13.1 Å². The summed E-state index contributed by atoms with van der Waals surface area (Å²) in [7, 11) is -3.29. The molecule has 118 valence electrons. The zero-order valence-electron chi connectivity index (χ0n) is 13.0. The molecule has 2 atom stereocenters. The Hall–Kier alpha value is -0.910. The van der Waals surface area contributed by atoms with Gasteiger partial charge in [-0.1, -0.05) is 24.3 Å². The maximum absolute atomic E-state index is 12.5. The average Bonchev–Trinajstić information content (AvgIpc) is 2.40. The maximum atomic E-state index is 12.5. The third-order valence-corrected chi connectivity index (χ3v) is 6.16. The lowest BCUT2D eigenvalue weighted by molar-refractivity contribution is 0.0569. The molecule has 5 heteroatoms. The molecule has 0 spiro atoms. The molecular formula is C16H25NO3S. The fourth-order valence-corrected chi connectivity index (χ4v) is 4.83. The Balaban J connectivity index is 2.18. The van der Waals surface area contributed by atoms with Crippen molar-refractivity contribution in [2.45, 2.75) is 44.9 Å². The van der Waals surface area contributed by atoms with Crippen LogP contribution in [-0.4, -0.2) is 32.9 Å². The largest absolute Gasteiger partial charge is 0.381 e. The van der Waals surface area contributed by atoms with Crippen molar-refractivity contribution in [1.29, 1.82) is 0 Å². The number of hydrogen-bond acceptors (Lipinski definition) is 3. The first kappa shape index (κ1) is 16.5. The molecule has 1 aliphatic rings. The van der Waals surface area contributed by atoms with Crippen LogP contribution in [0.1, 0.15) is 31.4 Å². The average molecular weight is 311 g/mol. The Bertz CT molecular complexity index is 569. The van der Waals surface area contributed by atoms with Crippen LogP contribution in [0.15, 0.2) is 24.3 Å². The van der Waals surface area contributed by atoms with Crippen LogP contribution in [0.2, 0.25) is 0 Å². The molecule has 0 aliphatic carbocycles. The minimum atomic E-state index is -3.29. The first-order valence-corrected chi connectivity index (χ1v) is 9.08. The molecule has 0 radical (unpaired) electrons. The molecule has 1 aromatic carbocycles. The van der Waals surface area contributed by atoms with Crippen molar-refractivity contribution < 1.29 is 13.2 Å². The van der Waals surface area contributed by atoms with Crippen LogP contribution in [0.4, 0.5) is 0 Å². The Morgan fingerprint density at radius 3 is 2.71 bits per heavy atom. The van der Waals surface area contributed by atoms with E-state index in [4.69, 9.17) is 4.74 Å². The van der Waals surface area contributed by atoms with E-state index in [2.05, 4.69) is 23.8 Å².